The average Bonchev–Trinajstić information content (AvgIpc) is 2.74. The smallest absolute Gasteiger partial charge is 0.159 e. The fraction of sp³-hybridized carbons (Fsp3) is 0.667. The van der Waals surface area contributed by atoms with Gasteiger partial charge in [-0.2, -0.15) is 0 Å². The number of halogens is 2. The summed E-state index contributed by atoms with van der Waals surface area (Å²) in [5.41, 5.74) is 0. The first kappa shape index (κ1) is 17.0. The molecule has 1 aromatic rings. The van der Waals surface area contributed by atoms with Crippen LogP contribution >= 0.6 is 31.9 Å². The van der Waals surface area contributed by atoms with Gasteiger partial charge in [0.1, 0.15) is 15.3 Å². The fourth-order valence-corrected chi connectivity index (χ4v) is 3.15. The summed E-state index contributed by atoms with van der Waals surface area (Å²) in [6.07, 6.45) is 1.86. The molecule has 1 heterocycles. The summed E-state index contributed by atoms with van der Waals surface area (Å²) in [4.78, 5) is 11.8. The molecule has 108 valence electrons. The van der Waals surface area contributed by atoms with Crippen molar-refractivity contribution in [3.8, 4) is 0 Å². The van der Waals surface area contributed by atoms with E-state index >= 15 is 0 Å². The third-order valence-corrected chi connectivity index (χ3v) is 4.45. The molecular weight excluding hydrogens is 372 g/mol. The van der Waals surface area contributed by atoms with E-state index in [0.717, 1.165) is 24.4 Å². The van der Waals surface area contributed by atoms with Crippen LogP contribution in [0.5, 0.6) is 0 Å². The van der Waals surface area contributed by atoms with Crippen LogP contribution in [0.4, 0.5) is 0 Å². The Balaban J connectivity index is 2.63. The molecule has 19 heavy (non-hydrogen) atoms. The summed E-state index contributed by atoms with van der Waals surface area (Å²) >= 11 is 6.55. The minimum Gasteiger partial charge on any atom is -0.466 e. The summed E-state index contributed by atoms with van der Waals surface area (Å²) < 4.78 is 5.51. The van der Waals surface area contributed by atoms with E-state index in [1.165, 1.54) is 0 Å². The molecule has 0 spiro atoms. The topological polar surface area (TPSA) is 30.2 Å². The number of ketones is 1. The lowest BCUT2D eigenvalue weighted by molar-refractivity contribution is -0.120. The van der Waals surface area contributed by atoms with Gasteiger partial charge in [0, 0.05) is 11.8 Å². The zero-order valence-electron chi connectivity index (χ0n) is 12.0. The lowest BCUT2D eigenvalue weighted by Crippen LogP contribution is -2.18. The first-order valence-electron chi connectivity index (χ1n) is 6.71. The first-order valence-corrected chi connectivity index (χ1v) is 8.54. The van der Waals surface area contributed by atoms with Gasteiger partial charge in [-0.05, 0) is 37.8 Å². The molecule has 1 rings (SSSR count). The first-order chi connectivity index (χ1) is 8.82. The van der Waals surface area contributed by atoms with Crippen LogP contribution < -0.4 is 0 Å². The Hall–Kier alpha value is -0.0900. The van der Waals surface area contributed by atoms with Crippen molar-refractivity contribution in [2.24, 2.45) is 11.8 Å². The standard InChI is InChI=1S/C15H22Br2O2/c1-9(2)12(13-8-6-11(4)19-13)7-5-10(3)14(18)15(16)17/h6,8-10,12,15H,5,7H2,1-4H3. The van der Waals surface area contributed by atoms with Crippen molar-refractivity contribution < 1.29 is 9.21 Å². The Morgan fingerprint density at radius 3 is 2.26 bits per heavy atom. The van der Waals surface area contributed by atoms with Crippen molar-refractivity contribution in [3.63, 3.8) is 0 Å². The quantitative estimate of drug-likeness (QED) is 0.578. The molecule has 1 aromatic heterocycles. The summed E-state index contributed by atoms with van der Waals surface area (Å²) in [6.45, 7) is 8.36. The third kappa shape index (κ3) is 5.07. The normalized spacial score (nSPS) is 14.9. The molecular formula is C15H22Br2O2. The van der Waals surface area contributed by atoms with Gasteiger partial charge in [-0.25, -0.2) is 0 Å². The molecule has 0 saturated heterocycles. The zero-order valence-corrected chi connectivity index (χ0v) is 15.1. The third-order valence-electron chi connectivity index (χ3n) is 3.54. The van der Waals surface area contributed by atoms with Crippen LogP contribution in [0.3, 0.4) is 0 Å². The van der Waals surface area contributed by atoms with Crippen molar-refractivity contribution in [3.05, 3.63) is 23.7 Å². The molecule has 0 saturated carbocycles. The van der Waals surface area contributed by atoms with Crippen LogP contribution in [0.2, 0.25) is 0 Å². The van der Waals surface area contributed by atoms with Crippen LogP contribution in [-0.4, -0.2) is 9.52 Å². The molecule has 0 fully saturated rings. The van der Waals surface area contributed by atoms with Crippen molar-refractivity contribution in [1.29, 1.82) is 0 Å². The molecule has 2 nitrogen and oxygen atoms in total. The molecule has 2 atom stereocenters. The molecule has 0 amide bonds. The van der Waals surface area contributed by atoms with Crippen molar-refractivity contribution in [2.75, 3.05) is 0 Å². The van der Waals surface area contributed by atoms with Crippen LogP contribution in [0, 0.1) is 18.8 Å². The van der Waals surface area contributed by atoms with E-state index < -0.39 is 0 Å². The Labute approximate surface area is 132 Å². The molecule has 0 radical (unpaired) electrons. The highest BCUT2D eigenvalue weighted by molar-refractivity contribution is 9.25. The van der Waals surface area contributed by atoms with E-state index in [-0.39, 0.29) is 15.4 Å². The maximum Gasteiger partial charge on any atom is 0.159 e. The predicted octanol–water partition coefficient (Wildman–Crippen LogP) is 5.43. The van der Waals surface area contributed by atoms with Gasteiger partial charge in [0.05, 0.1) is 0 Å². The highest BCUT2D eigenvalue weighted by Gasteiger charge is 2.24. The van der Waals surface area contributed by atoms with Gasteiger partial charge >= 0.3 is 0 Å². The van der Waals surface area contributed by atoms with Gasteiger partial charge in [0.2, 0.25) is 0 Å². The highest BCUT2D eigenvalue weighted by atomic mass is 79.9. The summed E-state index contributed by atoms with van der Waals surface area (Å²) in [5, 5.41) is 0. The monoisotopic (exact) mass is 392 g/mol. The van der Waals surface area contributed by atoms with Crippen molar-refractivity contribution >= 4 is 37.6 Å². The van der Waals surface area contributed by atoms with E-state index in [1.54, 1.807) is 0 Å². The number of aryl methyl sites for hydroxylation is 1. The molecule has 0 bridgehead atoms. The number of rotatable bonds is 7. The maximum absolute atomic E-state index is 11.8. The Bertz CT molecular complexity index is 410. The van der Waals surface area contributed by atoms with Gasteiger partial charge in [-0.15, -0.1) is 0 Å². The zero-order chi connectivity index (χ0) is 14.6. The largest absolute Gasteiger partial charge is 0.466 e. The Morgan fingerprint density at radius 1 is 1.21 bits per heavy atom. The summed E-state index contributed by atoms with van der Waals surface area (Å²) in [7, 11) is 0. The second-order valence-corrected chi connectivity index (χ2v) is 8.54. The van der Waals surface area contributed by atoms with Gasteiger partial charge in [-0.1, -0.05) is 52.6 Å². The number of alkyl halides is 2. The Morgan fingerprint density at radius 2 is 1.84 bits per heavy atom. The molecule has 4 heteroatoms. The predicted molar refractivity (Wildman–Crippen MR) is 86.1 cm³/mol. The fourth-order valence-electron chi connectivity index (χ4n) is 2.24. The van der Waals surface area contributed by atoms with Crippen molar-refractivity contribution in [2.45, 2.75) is 50.2 Å². The lowest BCUT2D eigenvalue weighted by Gasteiger charge is -2.20. The van der Waals surface area contributed by atoms with Crippen LogP contribution in [0.25, 0.3) is 0 Å². The summed E-state index contributed by atoms with van der Waals surface area (Å²) in [6, 6.07) is 4.07. The van der Waals surface area contributed by atoms with E-state index in [1.807, 2.05) is 19.9 Å². The molecule has 0 aromatic carbocycles. The maximum atomic E-state index is 11.8. The number of furan rings is 1. The second-order valence-electron chi connectivity index (χ2n) is 5.48. The molecule has 0 aliphatic heterocycles. The molecule has 0 aliphatic rings. The minimum absolute atomic E-state index is 0.0565. The minimum atomic E-state index is -0.238. The molecule has 2 unspecified atom stereocenters. The van der Waals surface area contributed by atoms with Crippen LogP contribution in [-0.2, 0) is 4.79 Å². The second kappa shape index (κ2) is 7.63. The van der Waals surface area contributed by atoms with E-state index in [4.69, 9.17) is 4.42 Å². The lowest BCUT2D eigenvalue weighted by atomic mass is 9.86. The number of Topliss-reactive ketones (excluding diaryl/α,β-unsaturated/α-hetero) is 1. The van der Waals surface area contributed by atoms with E-state index in [2.05, 4.69) is 51.8 Å². The number of carbonyl (C=O) groups is 1. The highest BCUT2D eigenvalue weighted by Crippen LogP contribution is 2.32. The Kier molecular flexibility index (Phi) is 6.81. The van der Waals surface area contributed by atoms with Gasteiger partial charge in [-0.3, -0.25) is 4.79 Å². The van der Waals surface area contributed by atoms with Crippen LogP contribution in [0.1, 0.15) is 51.1 Å². The van der Waals surface area contributed by atoms with Gasteiger partial charge in [0.15, 0.2) is 5.78 Å². The number of carbonyl (C=O) groups excluding carboxylic acids is 1. The molecule has 0 N–H and O–H groups in total. The SMILES string of the molecule is Cc1ccc(C(CCC(C)C(=O)C(Br)Br)C(C)C)o1. The van der Waals surface area contributed by atoms with E-state index in [9.17, 15) is 4.79 Å². The number of hydrogen-bond donors (Lipinski definition) is 0. The van der Waals surface area contributed by atoms with Gasteiger partial charge in [0.25, 0.3) is 0 Å². The molecule has 0 aliphatic carbocycles. The number of hydrogen-bond acceptors (Lipinski definition) is 2. The van der Waals surface area contributed by atoms with Gasteiger partial charge < -0.3 is 4.42 Å². The van der Waals surface area contributed by atoms with Crippen LogP contribution in [0.15, 0.2) is 16.5 Å². The van der Waals surface area contributed by atoms with E-state index in [0.29, 0.717) is 11.8 Å². The van der Waals surface area contributed by atoms with Crippen molar-refractivity contribution in [1.82, 2.24) is 0 Å². The average molecular weight is 394 g/mol. The summed E-state index contributed by atoms with van der Waals surface area (Å²) in [5.74, 6) is 3.15.